The number of ether oxygens (including phenoxy) is 1. The molecule has 1 amide bonds. The number of carbonyl (C=O) groups is 1. The minimum atomic E-state index is -0.510. The Bertz CT molecular complexity index is 755. The van der Waals surface area contributed by atoms with Gasteiger partial charge in [0.1, 0.15) is 6.61 Å². The van der Waals surface area contributed by atoms with Crippen molar-refractivity contribution in [2.75, 3.05) is 25.2 Å². The van der Waals surface area contributed by atoms with Crippen molar-refractivity contribution in [2.45, 2.75) is 6.04 Å². The number of rotatable bonds is 4. The van der Waals surface area contributed by atoms with Gasteiger partial charge >= 0.3 is 0 Å². The summed E-state index contributed by atoms with van der Waals surface area (Å²) in [7, 11) is 1.41. The van der Waals surface area contributed by atoms with Gasteiger partial charge in [-0.05, 0) is 18.2 Å². The van der Waals surface area contributed by atoms with Crippen molar-refractivity contribution in [1.82, 2.24) is 4.57 Å². The number of thioether (sulfide) groups is 1. The molecule has 2 heterocycles. The molecule has 1 aromatic carbocycles. The molecule has 2 aromatic rings. The van der Waals surface area contributed by atoms with Crippen molar-refractivity contribution in [1.29, 1.82) is 0 Å². The molecule has 1 fully saturated rings. The highest BCUT2D eigenvalue weighted by atomic mass is 35.5. The van der Waals surface area contributed by atoms with E-state index in [1.807, 2.05) is 22.4 Å². The van der Waals surface area contributed by atoms with Crippen molar-refractivity contribution >= 4 is 45.9 Å². The number of amides is 1. The maximum Gasteiger partial charge on any atom is 0.290 e. The fourth-order valence-electron chi connectivity index (χ4n) is 2.36. The second kappa shape index (κ2) is 6.28. The molecule has 0 atom stereocenters. The predicted molar refractivity (Wildman–Crippen MR) is 86.4 cm³/mol. The van der Waals surface area contributed by atoms with Gasteiger partial charge in [0.15, 0.2) is 5.69 Å². The lowest BCUT2D eigenvalue weighted by Crippen LogP contribution is -2.22. The molecule has 8 heteroatoms. The molecule has 0 bridgehead atoms. The van der Waals surface area contributed by atoms with E-state index in [0.717, 1.165) is 17.0 Å². The Labute approximate surface area is 136 Å². The van der Waals surface area contributed by atoms with Crippen LogP contribution in [0.5, 0.6) is 5.88 Å². The second-order valence-corrected chi connectivity index (χ2v) is 6.43. The van der Waals surface area contributed by atoms with Crippen LogP contribution in [0.15, 0.2) is 28.4 Å². The quantitative estimate of drug-likeness (QED) is 0.864. The Kier molecular flexibility index (Phi) is 4.37. The van der Waals surface area contributed by atoms with Gasteiger partial charge in [-0.2, -0.15) is 11.8 Å². The molecule has 6 nitrogen and oxygen atoms in total. The lowest BCUT2D eigenvalue weighted by Gasteiger charge is -2.27. The van der Waals surface area contributed by atoms with E-state index in [0.29, 0.717) is 10.4 Å². The third kappa shape index (κ3) is 2.71. The van der Waals surface area contributed by atoms with Crippen molar-refractivity contribution in [2.24, 2.45) is 10.2 Å². The summed E-state index contributed by atoms with van der Waals surface area (Å²) >= 11 is 7.85. The van der Waals surface area contributed by atoms with Gasteiger partial charge in [0, 0.05) is 29.0 Å². The van der Waals surface area contributed by atoms with E-state index in [9.17, 15) is 9.90 Å². The van der Waals surface area contributed by atoms with Crippen molar-refractivity contribution in [3.63, 3.8) is 0 Å². The van der Waals surface area contributed by atoms with Gasteiger partial charge in [-0.25, -0.2) is 0 Å². The number of halogens is 1. The average Bonchev–Trinajstić information content (AvgIpc) is 2.68. The predicted octanol–water partition coefficient (Wildman–Crippen LogP) is 3.54. The first-order valence-corrected chi connectivity index (χ1v) is 8.18. The number of hydrogen-bond acceptors (Lipinski definition) is 5. The average molecular weight is 340 g/mol. The minimum absolute atomic E-state index is 0.0107. The van der Waals surface area contributed by atoms with E-state index in [1.54, 1.807) is 12.1 Å². The Morgan fingerprint density at radius 1 is 1.55 bits per heavy atom. The molecule has 1 aliphatic rings. The lowest BCUT2D eigenvalue weighted by atomic mass is 10.2. The Balaban J connectivity index is 2.09. The first kappa shape index (κ1) is 15.3. The first-order chi connectivity index (χ1) is 10.6. The summed E-state index contributed by atoms with van der Waals surface area (Å²) in [6.45, 7) is -0.150. The largest absolute Gasteiger partial charge is 0.493 e. The summed E-state index contributed by atoms with van der Waals surface area (Å²) in [6, 6.07) is 5.54. The molecule has 0 aliphatic carbocycles. The monoisotopic (exact) mass is 339 g/mol. The highest BCUT2D eigenvalue weighted by molar-refractivity contribution is 8.00. The third-order valence-corrected chi connectivity index (χ3v) is 4.90. The lowest BCUT2D eigenvalue weighted by molar-refractivity contribution is -0.121. The van der Waals surface area contributed by atoms with Gasteiger partial charge in [0.05, 0.1) is 11.6 Å². The van der Waals surface area contributed by atoms with Crippen molar-refractivity contribution in [3.05, 3.63) is 23.2 Å². The number of aromatic nitrogens is 1. The highest BCUT2D eigenvalue weighted by Crippen LogP contribution is 2.45. The number of carbonyl (C=O) groups excluding carboxylic acids is 1. The summed E-state index contributed by atoms with van der Waals surface area (Å²) < 4.78 is 6.53. The van der Waals surface area contributed by atoms with Crippen LogP contribution >= 0.6 is 23.4 Å². The number of hydrogen-bond donors (Lipinski definition) is 1. The van der Waals surface area contributed by atoms with Crippen LogP contribution < -0.4 is 0 Å². The van der Waals surface area contributed by atoms with Gasteiger partial charge < -0.3 is 14.4 Å². The Morgan fingerprint density at radius 2 is 2.32 bits per heavy atom. The number of azo groups is 1. The van der Waals surface area contributed by atoms with Gasteiger partial charge in [-0.15, -0.1) is 10.2 Å². The van der Waals surface area contributed by atoms with E-state index in [1.165, 1.54) is 7.11 Å². The SMILES string of the molecule is COCC(=O)N=Nc1c(O)n(C2CSC2)c2ccc(Cl)cc12. The van der Waals surface area contributed by atoms with Crippen LogP contribution in [0, 0.1) is 0 Å². The fourth-order valence-corrected chi connectivity index (χ4v) is 3.27. The zero-order valence-electron chi connectivity index (χ0n) is 11.8. The zero-order valence-corrected chi connectivity index (χ0v) is 13.4. The van der Waals surface area contributed by atoms with Gasteiger partial charge in [-0.3, -0.25) is 4.79 Å². The van der Waals surface area contributed by atoms with Gasteiger partial charge in [0.25, 0.3) is 5.91 Å². The summed E-state index contributed by atoms with van der Waals surface area (Å²) in [5.41, 5.74) is 1.10. The molecule has 116 valence electrons. The number of aromatic hydroxyl groups is 1. The minimum Gasteiger partial charge on any atom is -0.493 e. The molecule has 22 heavy (non-hydrogen) atoms. The molecule has 1 aromatic heterocycles. The molecule has 0 saturated carbocycles. The summed E-state index contributed by atoms with van der Waals surface area (Å²) in [5, 5.41) is 19.2. The summed E-state index contributed by atoms with van der Waals surface area (Å²) in [4.78, 5) is 11.4. The molecule has 1 N–H and O–H groups in total. The van der Waals surface area contributed by atoms with Crippen molar-refractivity contribution < 1.29 is 14.6 Å². The second-order valence-electron chi connectivity index (χ2n) is 4.92. The molecule has 0 radical (unpaired) electrons. The molecule has 3 rings (SSSR count). The van der Waals surface area contributed by atoms with Crippen LogP contribution in [0.4, 0.5) is 5.69 Å². The molecule has 1 aliphatic heterocycles. The molecular formula is C14H14ClN3O3S. The Hall–Kier alpha value is -1.57. The third-order valence-electron chi connectivity index (χ3n) is 3.43. The molecule has 1 saturated heterocycles. The van der Waals surface area contributed by atoms with Crippen LogP contribution in [0.25, 0.3) is 10.9 Å². The molecular weight excluding hydrogens is 326 g/mol. The van der Waals surface area contributed by atoms with Crippen LogP contribution in [-0.4, -0.2) is 40.8 Å². The van der Waals surface area contributed by atoms with Crippen LogP contribution in [0.1, 0.15) is 6.04 Å². The number of nitrogens with zero attached hydrogens (tertiary/aromatic N) is 3. The zero-order chi connectivity index (χ0) is 15.7. The maximum absolute atomic E-state index is 11.4. The van der Waals surface area contributed by atoms with E-state index in [2.05, 4.69) is 10.2 Å². The van der Waals surface area contributed by atoms with Crippen molar-refractivity contribution in [3.8, 4) is 5.88 Å². The first-order valence-electron chi connectivity index (χ1n) is 6.65. The topological polar surface area (TPSA) is 76.2 Å². The van der Waals surface area contributed by atoms with Gasteiger partial charge in [-0.1, -0.05) is 11.6 Å². The highest BCUT2D eigenvalue weighted by Gasteiger charge is 2.27. The molecule has 0 unspecified atom stereocenters. The standard InChI is InChI=1S/C14H14ClN3O3S/c1-21-5-12(19)16-17-13-10-4-8(15)2-3-11(10)18(14(13)20)9-6-22-7-9/h2-4,9,20H,5-7H2,1H3. The maximum atomic E-state index is 11.4. The normalized spacial score (nSPS) is 15.5. The van der Waals surface area contributed by atoms with Gasteiger partial charge in [0.2, 0.25) is 5.88 Å². The molecule has 0 spiro atoms. The van der Waals surface area contributed by atoms with Crippen LogP contribution in [-0.2, 0) is 9.53 Å². The Morgan fingerprint density at radius 3 is 2.95 bits per heavy atom. The number of benzene rings is 1. The van der Waals surface area contributed by atoms with Crippen LogP contribution in [0.2, 0.25) is 5.02 Å². The van der Waals surface area contributed by atoms with E-state index >= 15 is 0 Å². The van der Waals surface area contributed by atoms with Crippen LogP contribution in [0.3, 0.4) is 0 Å². The fraction of sp³-hybridized carbons (Fsp3) is 0.357. The number of methoxy groups -OCH3 is 1. The van der Waals surface area contributed by atoms with E-state index < -0.39 is 5.91 Å². The van der Waals surface area contributed by atoms with E-state index in [4.69, 9.17) is 16.3 Å². The smallest absolute Gasteiger partial charge is 0.290 e. The van der Waals surface area contributed by atoms with E-state index in [-0.39, 0.29) is 24.2 Å². The summed E-state index contributed by atoms with van der Waals surface area (Å²) in [6.07, 6.45) is 0. The summed E-state index contributed by atoms with van der Waals surface area (Å²) in [5.74, 6) is 1.36. The number of fused-ring (bicyclic) bond motifs is 1.